The number of anilines is 1. The number of amides is 2. The van der Waals surface area contributed by atoms with E-state index in [4.69, 9.17) is 0 Å². The molecule has 7 nitrogen and oxygen atoms in total. The normalized spacial score (nSPS) is 14.6. The largest absolute Gasteiger partial charge is 0.347 e. The molecule has 1 fully saturated rings. The Bertz CT molecular complexity index is 892. The molecule has 28 heavy (non-hydrogen) atoms. The third kappa shape index (κ3) is 4.03. The van der Waals surface area contributed by atoms with Crippen molar-refractivity contribution in [2.45, 2.75) is 38.0 Å². The second-order valence-electron chi connectivity index (χ2n) is 7.09. The Morgan fingerprint density at radius 2 is 1.82 bits per heavy atom. The molecular weight excluding hydrogens is 358 g/mol. The van der Waals surface area contributed by atoms with Gasteiger partial charge < -0.3 is 10.6 Å². The Morgan fingerprint density at radius 1 is 1.11 bits per heavy atom. The summed E-state index contributed by atoms with van der Waals surface area (Å²) in [5, 5.41) is 16.3. The van der Waals surface area contributed by atoms with E-state index in [2.05, 4.69) is 10.6 Å². The molecule has 1 aliphatic rings. The highest BCUT2D eigenvalue weighted by atomic mass is 16.6. The maximum atomic E-state index is 12.3. The predicted octanol–water partition coefficient (Wildman–Crippen LogP) is 3.33. The van der Waals surface area contributed by atoms with Crippen molar-refractivity contribution in [3.8, 4) is 0 Å². The Labute approximate surface area is 163 Å². The van der Waals surface area contributed by atoms with Gasteiger partial charge in [-0.05, 0) is 30.9 Å². The lowest BCUT2D eigenvalue weighted by Crippen LogP contribution is -2.48. The zero-order valence-electron chi connectivity index (χ0n) is 15.7. The van der Waals surface area contributed by atoms with Crippen molar-refractivity contribution in [1.29, 1.82) is 0 Å². The van der Waals surface area contributed by atoms with Gasteiger partial charge in [0.05, 0.1) is 4.92 Å². The van der Waals surface area contributed by atoms with Crippen molar-refractivity contribution in [2.24, 2.45) is 0 Å². The monoisotopic (exact) mass is 381 g/mol. The van der Waals surface area contributed by atoms with Crippen LogP contribution in [0.15, 0.2) is 48.5 Å². The number of rotatable bonds is 6. The second kappa shape index (κ2) is 8.21. The molecule has 0 saturated heterocycles. The maximum Gasteiger partial charge on any atom is 0.313 e. The van der Waals surface area contributed by atoms with Gasteiger partial charge in [0.25, 0.3) is 5.69 Å². The van der Waals surface area contributed by atoms with Gasteiger partial charge in [0, 0.05) is 29.3 Å². The molecule has 2 aromatic rings. The number of aryl methyl sites for hydroxylation is 1. The summed E-state index contributed by atoms with van der Waals surface area (Å²) in [5.41, 5.74) is 1.76. The maximum absolute atomic E-state index is 12.3. The van der Waals surface area contributed by atoms with E-state index < -0.39 is 16.7 Å². The fourth-order valence-electron chi connectivity index (χ4n) is 3.59. The van der Waals surface area contributed by atoms with Crippen molar-refractivity contribution in [1.82, 2.24) is 5.32 Å². The lowest BCUT2D eigenvalue weighted by Gasteiger charge is -2.42. The standard InChI is InChI=1S/C21H23N3O4/c1-2-15-9-10-17(13-18(15)24(27)28)23-20(26)19(25)22-14-21(11-6-12-21)16-7-4-3-5-8-16/h3-5,7-10,13H,2,6,11-12,14H2,1H3,(H,22,25)(H,23,26). The molecule has 2 amide bonds. The topological polar surface area (TPSA) is 101 Å². The first-order chi connectivity index (χ1) is 13.4. The average Bonchev–Trinajstić information content (AvgIpc) is 2.67. The Balaban J connectivity index is 1.63. The molecule has 0 radical (unpaired) electrons. The Morgan fingerprint density at radius 3 is 2.39 bits per heavy atom. The molecule has 3 rings (SSSR count). The van der Waals surface area contributed by atoms with Crippen molar-refractivity contribution in [2.75, 3.05) is 11.9 Å². The van der Waals surface area contributed by atoms with E-state index in [9.17, 15) is 19.7 Å². The first kappa shape index (κ1) is 19.5. The minimum Gasteiger partial charge on any atom is -0.347 e. The fraction of sp³-hybridized carbons (Fsp3) is 0.333. The number of hydrogen-bond acceptors (Lipinski definition) is 4. The van der Waals surface area contributed by atoms with Crippen LogP contribution in [0.2, 0.25) is 0 Å². The molecule has 0 heterocycles. The van der Waals surface area contributed by atoms with Gasteiger partial charge in [-0.3, -0.25) is 19.7 Å². The molecule has 2 aromatic carbocycles. The van der Waals surface area contributed by atoms with Crippen LogP contribution in [-0.2, 0) is 21.4 Å². The molecular formula is C21H23N3O4. The van der Waals surface area contributed by atoms with Gasteiger partial charge in [0.2, 0.25) is 0 Å². The fourth-order valence-corrected chi connectivity index (χ4v) is 3.59. The molecule has 0 aliphatic heterocycles. The molecule has 0 spiro atoms. The number of hydrogen-bond donors (Lipinski definition) is 2. The molecule has 1 aliphatic carbocycles. The molecule has 2 N–H and O–H groups in total. The van der Waals surface area contributed by atoms with E-state index in [0.29, 0.717) is 18.5 Å². The molecule has 0 bridgehead atoms. The van der Waals surface area contributed by atoms with Gasteiger partial charge in [-0.15, -0.1) is 0 Å². The summed E-state index contributed by atoms with van der Waals surface area (Å²) < 4.78 is 0. The van der Waals surface area contributed by atoms with E-state index in [-0.39, 0.29) is 16.8 Å². The highest BCUT2D eigenvalue weighted by Crippen LogP contribution is 2.43. The quantitative estimate of drug-likeness (QED) is 0.455. The zero-order chi connectivity index (χ0) is 20.1. The highest BCUT2D eigenvalue weighted by Gasteiger charge is 2.39. The Hall–Kier alpha value is -3.22. The Kier molecular flexibility index (Phi) is 5.73. The summed E-state index contributed by atoms with van der Waals surface area (Å²) in [6.45, 7) is 2.20. The van der Waals surface area contributed by atoms with Crippen LogP contribution >= 0.6 is 0 Å². The van der Waals surface area contributed by atoms with Gasteiger partial charge >= 0.3 is 11.8 Å². The lowest BCUT2D eigenvalue weighted by molar-refractivity contribution is -0.385. The molecule has 1 saturated carbocycles. The first-order valence-electron chi connectivity index (χ1n) is 9.37. The molecule has 0 aromatic heterocycles. The van der Waals surface area contributed by atoms with Crippen LogP contribution in [0, 0.1) is 10.1 Å². The smallest absolute Gasteiger partial charge is 0.313 e. The van der Waals surface area contributed by atoms with E-state index in [1.807, 2.05) is 37.3 Å². The van der Waals surface area contributed by atoms with Crippen LogP contribution in [0.4, 0.5) is 11.4 Å². The average molecular weight is 381 g/mol. The van der Waals surface area contributed by atoms with E-state index >= 15 is 0 Å². The van der Waals surface area contributed by atoms with Gasteiger partial charge in [0.15, 0.2) is 0 Å². The van der Waals surface area contributed by atoms with Gasteiger partial charge in [-0.2, -0.15) is 0 Å². The molecule has 7 heteroatoms. The van der Waals surface area contributed by atoms with Crippen LogP contribution in [0.25, 0.3) is 0 Å². The third-order valence-corrected chi connectivity index (χ3v) is 5.41. The van der Waals surface area contributed by atoms with Gasteiger partial charge in [-0.1, -0.05) is 49.7 Å². The first-order valence-corrected chi connectivity index (χ1v) is 9.37. The van der Waals surface area contributed by atoms with E-state index in [1.54, 1.807) is 12.1 Å². The summed E-state index contributed by atoms with van der Waals surface area (Å²) in [5.74, 6) is -1.58. The summed E-state index contributed by atoms with van der Waals surface area (Å²) in [7, 11) is 0. The number of carbonyl (C=O) groups excluding carboxylic acids is 2. The second-order valence-corrected chi connectivity index (χ2v) is 7.09. The van der Waals surface area contributed by atoms with Crippen molar-refractivity contribution >= 4 is 23.2 Å². The van der Waals surface area contributed by atoms with Crippen LogP contribution in [0.3, 0.4) is 0 Å². The van der Waals surface area contributed by atoms with Crippen LogP contribution in [-0.4, -0.2) is 23.3 Å². The SMILES string of the molecule is CCc1ccc(NC(=O)C(=O)NCC2(c3ccccc3)CCC2)cc1[N+](=O)[O-]. The van der Waals surface area contributed by atoms with Crippen molar-refractivity contribution < 1.29 is 14.5 Å². The predicted molar refractivity (Wildman–Crippen MR) is 106 cm³/mol. The number of carbonyl (C=O) groups is 2. The molecule has 0 unspecified atom stereocenters. The number of nitro benzene ring substituents is 1. The zero-order valence-corrected chi connectivity index (χ0v) is 15.7. The number of nitro groups is 1. The van der Waals surface area contributed by atoms with E-state index in [1.165, 1.54) is 6.07 Å². The highest BCUT2D eigenvalue weighted by molar-refractivity contribution is 6.39. The third-order valence-electron chi connectivity index (χ3n) is 5.41. The van der Waals surface area contributed by atoms with Crippen LogP contribution in [0.5, 0.6) is 0 Å². The number of nitrogens with zero attached hydrogens (tertiary/aromatic N) is 1. The van der Waals surface area contributed by atoms with Crippen molar-refractivity contribution in [3.05, 3.63) is 69.8 Å². The summed E-state index contributed by atoms with van der Waals surface area (Å²) in [4.78, 5) is 35.1. The minimum atomic E-state index is -0.832. The van der Waals surface area contributed by atoms with Crippen molar-refractivity contribution in [3.63, 3.8) is 0 Å². The van der Waals surface area contributed by atoms with Crippen LogP contribution in [0.1, 0.15) is 37.3 Å². The van der Waals surface area contributed by atoms with Gasteiger partial charge in [0.1, 0.15) is 0 Å². The lowest BCUT2D eigenvalue weighted by atomic mass is 9.64. The summed E-state index contributed by atoms with van der Waals surface area (Å²) in [6.07, 6.45) is 3.52. The number of nitrogens with one attached hydrogen (secondary N) is 2. The number of benzene rings is 2. The molecule has 0 atom stereocenters. The molecule has 146 valence electrons. The summed E-state index contributed by atoms with van der Waals surface area (Å²) in [6, 6.07) is 14.4. The minimum absolute atomic E-state index is 0.0711. The van der Waals surface area contributed by atoms with Gasteiger partial charge in [-0.25, -0.2) is 0 Å². The summed E-state index contributed by atoms with van der Waals surface area (Å²) >= 11 is 0. The van der Waals surface area contributed by atoms with E-state index in [0.717, 1.165) is 24.8 Å². The van der Waals surface area contributed by atoms with Crippen LogP contribution < -0.4 is 10.6 Å².